The summed E-state index contributed by atoms with van der Waals surface area (Å²) >= 11 is 0. The molecule has 1 fully saturated rings. The van der Waals surface area contributed by atoms with Crippen LogP contribution in [0.3, 0.4) is 0 Å². The normalized spacial score (nSPS) is 19.1. The second-order valence-electron chi connectivity index (χ2n) is 7.62. The number of amides is 1. The van der Waals surface area contributed by atoms with Crippen molar-refractivity contribution in [1.82, 2.24) is 9.88 Å². The number of fused-ring (bicyclic) bond motifs is 2. The molecule has 142 valence electrons. The van der Waals surface area contributed by atoms with Crippen molar-refractivity contribution >= 4 is 17.4 Å². The van der Waals surface area contributed by atoms with Gasteiger partial charge in [0.15, 0.2) is 0 Å². The van der Waals surface area contributed by atoms with Gasteiger partial charge < -0.3 is 9.80 Å². The number of anilines is 2. The molecule has 5 heteroatoms. The lowest BCUT2D eigenvalue weighted by Gasteiger charge is -2.34. The number of benzene rings is 1. The summed E-state index contributed by atoms with van der Waals surface area (Å²) in [5, 5.41) is 0. The first kappa shape index (κ1) is 17.0. The number of para-hydroxylation sites is 1. The van der Waals surface area contributed by atoms with Crippen molar-refractivity contribution in [3.05, 3.63) is 78.4 Å². The van der Waals surface area contributed by atoms with Gasteiger partial charge in [-0.25, -0.2) is 4.98 Å². The highest BCUT2D eigenvalue weighted by Crippen LogP contribution is 2.34. The lowest BCUT2D eigenvalue weighted by molar-refractivity contribution is -0.122. The molecule has 0 atom stereocenters. The molecule has 1 amide bonds. The van der Waals surface area contributed by atoms with E-state index in [-0.39, 0.29) is 11.8 Å². The number of carbonyl (C=O) groups excluding carboxylic acids is 1. The van der Waals surface area contributed by atoms with Gasteiger partial charge in [-0.15, -0.1) is 0 Å². The third kappa shape index (κ3) is 3.07. The number of piperidine rings is 1. The molecule has 5 nitrogen and oxygen atoms in total. The zero-order chi connectivity index (χ0) is 18.9. The Bertz CT molecular complexity index is 929. The molecule has 1 saturated heterocycles. The van der Waals surface area contributed by atoms with Crippen LogP contribution in [0.5, 0.6) is 0 Å². The fraction of sp³-hybridized carbons (Fsp3) is 0.304. The number of pyridine rings is 1. The standard InChI is InChI=1S/C23H24N4O/c28-23(18-10-14-25(15-11-18)22-9-3-4-12-24-22)27-17-20-7-5-13-26(20)16-19-6-1-2-8-21(19)27/h1-6,8-9,12-13,17-18H,7,10-11,14-16H2. The molecule has 0 unspecified atom stereocenters. The summed E-state index contributed by atoms with van der Waals surface area (Å²) in [6, 6.07) is 14.3. The first-order valence-electron chi connectivity index (χ1n) is 10.0. The minimum absolute atomic E-state index is 0.0470. The Morgan fingerprint density at radius 1 is 1.04 bits per heavy atom. The molecule has 2 aromatic rings. The number of nitrogens with zero attached hydrogens (tertiary/aromatic N) is 4. The summed E-state index contributed by atoms with van der Waals surface area (Å²) in [6.45, 7) is 2.56. The summed E-state index contributed by atoms with van der Waals surface area (Å²) in [4.78, 5) is 24.4. The van der Waals surface area contributed by atoms with Crippen LogP contribution in [0.1, 0.15) is 24.8 Å². The van der Waals surface area contributed by atoms with Crippen LogP contribution >= 0.6 is 0 Å². The molecule has 3 aliphatic heterocycles. The minimum atomic E-state index is 0.0470. The van der Waals surface area contributed by atoms with Crippen molar-refractivity contribution in [2.24, 2.45) is 5.92 Å². The SMILES string of the molecule is O=C(C1CCN(c2ccccn2)CC1)N1C=C2CC=CN2Cc2ccccc21. The Labute approximate surface area is 165 Å². The number of hydrogen-bond acceptors (Lipinski definition) is 4. The van der Waals surface area contributed by atoms with E-state index in [0.29, 0.717) is 0 Å². The van der Waals surface area contributed by atoms with Gasteiger partial charge in [0.25, 0.3) is 0 Å². The van der Waals surface area contributed by atoms with Crippen molar-refractivity contribution < 1.29 is 4.79 Å². The number of aromatic nitrogens is 1. The second kappa shape index (κ2) is 7.15. The number of allylic oxidation sites excluding steroid dienone is 1. The van der Waals surface area contributed by atoms with Crippen molar-refractivity contribution in [3.8, 4) is 0 Å². The van der Waals surface area contributed by atoms with Crippen LogP contribution in [0.4, 0.5) is 11.5 Å². The molecular formula is C23H24N4O. The average Bonchev–Trinajstić information content (AvgIpc) is 3.13. The van der Waals surface area contributed by atoms with Gasteiger partial charge in [0.1, 0.15) is 5.82 Å². The van der Waals surface area contributed by atoms with E-state index >= 15 is 0 Å². The molecule has 0 aliphatic carbocycles. The fourth-order valence-electron chi connectivity index (χ4n) is 4.35. The van der Waals surface area contributed by atoms with Gasteiger partial charge >= 0.3 is 0 Å². The van der Waals surface area contributed by atoms with E-state index in [1.807, 2.05) is 35.4 Å². The highest BCUT2D eigenvalue weighted by molar-refractivity contribution is 5.98. The van der Waals surface area contributed by atoms with Gasteiger partial charge in [0.2, 0.25) is 5.91 Å². The highest BCUT2D eigenvalue weighted by Gasteiger charge is 2.32. The van der Waals surface area contributed by atoms with Crippen molar-refractivity contribution in [2.75, 3.05) is 22.9 Å². The zero-order valence-corrected chi connectivity index (χ0v) is 15.9. The Morgan fingerprint density at radius 3 is 2.68 bits per heavy atom. The van der Waals surface area contributed by atoms with E-state index in [1.165, 1.54) is 11.3 Å². The molecule has 0 bridgehead atoms. The van der Waals surface area contributed by atoms with Gasteiger partial charge in [0, 0.05) is 56.3 Å². The molecule has 5 rings (SSSR count). The van der Waals surface area contributed by atoms with Crippen molar-refractivity contribution in [1.29, 1.82) is 0 Å². The summed E-state index contributed by atoms with van der Waals surface area (Å²) in [7, 11) is 0. The molecule has 0 radical (unpaired) electrons. The molecule has 4 heterocycles. The topological polar surface area (TPSA) is 39.7 Å². The first-order chi connectivity index (χ1) is 13.8. The predicted molar refractivity (Wildman–Crippen MR) is 110 cm³/mol. The van der Waals surface area contributed by atoms with Crippen LogP contribution in [0.15, 0.2) is 72.8 Å². The zero-order valence-electron chi connectivity index (χ0n) is 15.9. The number of rotatable bonds is 2. The fourth-order valence-corrected chi connectivity index (χ4v) is 4.35. The molecule has 3 aliphatic rings. The molecule has 0 N–H and O–H groups in total. The van der Waals surface area contributed by atoms with Crippen LogP contribution in [0.2, 0.25) is 0 Å². The summed E-state index contributed by atoms with van der Waals surface area (Å²) in [6.07, 6.45) is 10.8. The van der Waals surface area contributed by atoms with Crippen LogP contribution < -0.4 is 9.80 Å². The Hall–Kier alpha value is -3.08. The maximum absolute atomic E-state index is 13.5. The molecule has 1 aromatic heterocycles. The van der Waals surface area contributed by atoms with E-state index in [1.54, 1.807) is 0 Å². The van der Waals surface area contributed by atoms with Gasteiger partial charge in [-0.05, 0) is 36.6 Å². The third-order valence-electron chi connectivity index (χ3n) is 5.91. The molecule has 0 saturated carbocycles. The monoisotopic (exact) mass is 372 g/mol. The van der Waals surface area contributed by atoms with Gasteiger partial charge in [-0.3, -0.25) is 9.69 Å². The van der Waals surface area contributed by atoms with E-state index < -0.39 is 0 Å². The largest absolute Gasteiger partial charge is 0.357 e. The van der Waals surface area contributed by atoms with Gasteiger partial charge in [-0.1, -0.05) is 30.3 Å². The third-order valence-corrected chi connectivity index (χ3v) is 5.91. The second-order valence-corrected chi connectivity index (χ2v) is 7.62. The van der Waals surface area contributed by atoms with E-state index in [4.69, 9.17) is 0 Å². The molecule has 0 spiro atoms. The van der Waals surface area contributed by atoms with Crippen LogP contribution in [0.25, 0.3) is 0 Å². The van der Waals surface area contributed by atoms with Crippen LogP contribution in [0, 0.1) is 5.92 Å². The quantitative estimate of drug-likeness (QED) is 0.801. The average molecular weight is 372 g/mol. The predicted octanol–water partition coefficient (Wildman–Crippen LogP) is 3.91. The summed E-state index contributed by atoms with van der Waals surface area (Å²) in [5.41, 5.74) is 3.41. The first-order valence-corrected chi connectivity index (χ1v) is 10.0. The summed E-state index contributed by atoms with van der Waals surface area (Å²) in [5.74, 6) is 1.27. The number of hydrogen-bond donors (Lipinski definition) is 0. The van der Waals surface area contributed by atoms with Gasteiger partial charge in [-0.2, -0.15) is 0 Å². The molecular weight excluding hydrogens is 348 g/mol. The highest BCUT2D eigenvalue weighted by atomic mass is 16.2. The van der Waals surface area contributed by atoms with E-state index in [2.05, 4.69) is 51.5 Å². The van der Waals surface area contributed by atoms with E-state index in [0.717, 1.165) is 50.4 Å². The molecule has 1 aromatic carbocycles. The lowest BCUT2D eigenvalue weighted by atomic mass is 9.94. The van der Waals surface area contributed by atoms with Gasteiger partial charge in [0.05, 0.1) is 5.69 Å². The lowest BCUT2D eigenvalue weighted by Crippen LogP contribution is -2.41. The van der Waals surface area contributed by atoms with E-state index in [9.17, 15) is 4.79 Å². The summed E-state index contributed by atoms with van der Waals surface area (Å²) < 4.78 is 0. The Balaban J connectivity index is 1.37. The Morgan fingerprint density at radius 2 is 1.86 bits per heavy atom. The Kier molecular flexibility index (Phi) is 4.35. The van der Waals surface area contributed by atoms with Crippen molar-refractivity contribution in [3.63, 3.8) is 0 Å². The van der Waals surface area contributed by atoms with Crippen LogP contribution in [-0.4, -0.2) is 28.9 Å². The smallest absolute Gasteiger partial charge is 0.234 e. The minimum Gasteiger partial charge on any atom is -0.357 e. The number of carbonyl (C=O) groups is 1. The molecule has 28 heavy (non-hydrogen) atoms. The van der Waals surface area contributed by atoms with Crippen molar-refractivity contribution in [2.45, 2.75) is 25.8 Å². The maximum Gasteiger partial charge on any atom is 0.234 e. The van der Waals surface area contributed by atoms with Crippen LogP contribution in [-0.2, 0) is 11.3 Å². The maximum atomic E-state index is 13.5.